The van der Waals surface area contributed by atoms with Crippen LogP contribution in [0.25, 0.3) is 0 Å². The Hall–Kier alpha value is -2.70. The van der Waals surface area contributed by atoms with Gasteiger partial charge >= 0.3 is 5.69 Å². The topological polar surface area (TPSA) is 116 Å². The second-order valence-corrected chi connectivity index (χ2v) is 8.91. The molecule has 3 rings (SSSR count). The molecule has 1 aliphatic rings. The molecule has 0 unspecified atom stereocenters. The molecule has 8 nitrogen and oxygen atoms in total. The third kappa shape index (κ3) is 3.93. The first kappa shape index (κ1) is 20.0. The molecule has 0 aliphatic heterocycles. The molecule has 1 N–H and O–H groups in total. The molecule has 0 spiro atoms. The van der Waals surface area contributed by atoms with Crippen molar-refractivity contribution >= 4 is 10.0 Å². The number of aromatic nitrogens is 2. The van der Waals surface area contributed by atoms with Gasteiger partial charge in [-0.25, -0.2) is 17.5 Å². The van der Waals surface area contributed by atoms with Gasteiger partial charge in [0, 0.05) is 31.4 Å². The molecule has 0 saturated carbocycles. The zero-order valence-electron chi connectivity index (χ0n) is 15.6. The van der Waals surface area contributed by atoms with Crippen LogP contribution in [0.15, 0.2) is 38.8 Å². The van der Waals surface area contributed by atoms with Crippen LogP contribution in [0.2, 0.25) is 0 Å². The first-order chi connectivity index (χ1) is 13.3. The molecule has 0 atom stereocenters. The smallest absolute Gasteiger partial charge is 0.297 e. The minimum Gasteiger partial charge on any atom is -0.297 e. The third-order valence-electron chi connectivity index (χ3n) is 5.03. The van der Waals surface area contributed by atoms with E-state index in [0.717, 1.165) is 18.5 Å². The monoisotopic (exact) mass is 402 g/mol. The fraction of sp³-hybridized carbons (Fsp3) is 0.421. The first-order valence-electron chi connectivity index (χ1n) is 9.16. The highest BCUT2D eigenvalue weighted by atomic mass is 32.2. The minimum atomic E-state index is -3.72. The fourth-order valence-corrected chi connectivity index (χ4v) is 4.76. The standard InChI is InChI=1S/C19H22N4O4S/c1-22(28(26,27)15-7-4-6-14(12-15)13-20)10-5-11-23-17-9-3-2-8-16(17)18(24)21-19(23)25/h4,6-7,12H,2-3,5,8-11H2,1H3,(H,21,24,25). The highest BCUT2D eigenvalue weighted by Crippen LogP contribution is 2.18. The average Bonchev–Trinajstić information content (AvgIpc) is 2.70. The van der Waals surface area contributed by atoms with Gasteiger partial charge < -0.3 is 0 Å². The molecule has 2 aromatic rings. The molecule has 148 valence electrons. The van der Waals surface area contributed by atoms with Gasteiger partial charge in [0.05, 0.1) is 16.5 Å². The lowest BCUT2D eigenvalue weighted by Gasteiger charge is -2.21. The quantitative estimate of drug-likeness (QED) is 0.774. The molecule has 1 aromatic heterocycles. The summed E-state index contributed by atoms with van der Waals surface area (Å²) in [5.41, 5.74) is 0.958. The van der Waals surface area contributed by atoms with Crippen LogP contribution >= 0.6 is 0 Å². The van der Waals surface area contributed by atoms with E-state index >= 15 is 0 Å². The zero-order valence-corrected chi connectivity index (χ0v) is 16.5. The Labute approximate surface area is 163 Å². The second kappa shape index (κ2) is 8.12. The molecule has 0 saturated heterocycles. The summed E-state index contributed by atoms with van der Waals surface area (Å²) in [5.74, 6) is 0. The number of rotatable bonds is 6. The normalized spacial score (nSPS) is 13.9. The van der Waals surface area contributed by atoms with Crippen molar-refractivity contribution in [1.82, 2.24) is 13.9 Å². The van der Waals surface area contributed by atoms with Crippen molar-refractivity contribution in [1.29, 1.82) is 5.26 Å². The summed E-state index contributed by atoms with van der Waals surface area (Å²) in [7, 11) is -2.25. The number of nitrogens with zero attached hydrogens (tertiary/aromatic N) is 3. The summed E-state index contributed by atoms with van der Waals surface area (Å²) in [6.07, 6.45) is 3.63. The van der Waals surface area contributed by atoms with Crippen molar-refractivity contribution < 1.29 is 8.42 Å². The van der Waals surface area contributed by atoms with Gasteiger partial charge in [0.15, 0.2) is 0 Å². The number of H-pyrrole nitrogens is 1. The van der Waals surface area contributed by atoms with Crippen LogP contribution in [0.4, 0.5) is 0 Å². The van der Waals surface area contributed by atoms with Gasteiger partial charge in [-0.05, 0) is 50.3 Å². The molecular weight excluding hydrogens is 380 g/mol. The van der Waals surface area contributed by atoms with Crippen molar-refractivity contribution in [2.24, 2.45) is 0 Å². The Bertz CT molecular complexity index is 1140. The molecule has 0 amide bonds. The summed E-state index contributed by atoms with van der Waals surface area (Å²) in [5, 5.41) is 8.96. The van der Waals surface area contributed by atoms with Crippen molar-refractivity contribution in [2.45, 2.75) is 43.5 Å². The van der Waals surface area contributed by atoms with Crippen molar-refractivity contribution in [2.75, 3.05) is 13.6 Å². The van der Waals surface area contributed by atoms with Gasteiger partial charge in [-0.3, -0.25) is 14.3 Å². The zero-order chi connectivity index (χ0) is 20.3. The first-order valence-corrected chi connectivity index (χ1v) is 10.6. The van der Waals surface area contributed by atoms with E-state index in [0.29, 0.717) is 31.4 Å². The number of hydrogen-bond acceptors (Lipinski definition) is 5. The summed E-state index contributed by atoms with van der Waals surface area (Å²) >= 11 is 0. The average molecular weight is 402 g/mol. The Morgan fingerprint density at radius 3 is 2.75 bits per heavy atom. The molecule has 1 heterocycles. The number of benzene rings is 1. The number of aromatic amines is 1. The summed E-state index contributed by atoms with van der Waals surface area (Å²) in [4.78, 5) is 26.6. The van der Waals surface area contributed by atoms with E-state index < -0.39 is 15.7 Å². The third-order valence-corrected chi connectivity index (χ3v) is 6.88. The number of hydrogen-bond donors (Lipinski definition) is 1. The predicted octanol–water partition coefficient (Wildman–Crippen LogP) is 0.998. The van der Waals surface area contributed by atoms with Crippen LogP contribution in [-0.4, -0.2) is 35.9 Å². The van der Waals surface area contributed by atoms with E-state index in [2.05, 4.69) is 4.98 Å². The number of nitriles is 1. The number of sulfonamides is 1. The Morgan fingerprint density at radius 2 is 2.00 bits per heavy atom. The lowest BCUT2D eigenvalue weighted by atomic mass is 9.97. The van der Waals surface area contributed by atoms with E-state index in [1.807, 2.05) is 6.07 Å². The van der Waals surface area contributed by atoms with Gasteiger partial charge in [0.1, 0.15) is 0 Å². The fourth-order valence-electron chi connectivity index (χ4n) is 3.51. The Morgan fingerprint density at radius 1 is 1.25 bits per heavy atom. The lowest BCUT2D eigenvalue weighted by molar-refractivity contribution is 0.435. The van der Waals surface area contributed by atoms with Crippen LogP contribution in [0.3, 0.4) is 0 Å². The van der Waals surface area contributed by atoms with Crippen molar-refractivity contribution in [3.63, 3.8) is 0 Å². The van der Waals surface area contributed by atoms with Gasteiger partial charge in [-0.2, -0.15) is 5.26 Å². The van der Waals surface area contributed by atoms with Gasteiger partial charge in [-0.1, -0.05) is 6.07 Å². The Kier molecular flexibility index (Phi) is 5.82. The van der Waals surface area contributed by atoms with Gasteiger partial charge in [0.25, 0.3) is 5.56 Å². The molecule has 28 heavy (non-hydrogen) atoms. The predicted molar refractivity (Wildman–Crippen MR) is 104 cm³/mol. The summed E-state index contributed by atoms with van der Waals surface area (Å²) < 4.78 is 28.2. The maximum Gasteiger partial charge on any atom is 0.328 e. The summed E-state index contributed by atoms with van der Waals surface area (Å²) in [6, 6.07) is 7.81. The Balaban J connectivity index is 1.74. The SMILES string of the molecule is CN(CCCn1c2c(c(=O)[nH]c1=O)CCCC2)S(=O)(=O)c1cccc(C#N)c1. The molecular formula is C19H22N4O4S. The molecule has 0 radical (unpaired) electrons. The maximum absolute atomic E-state index is 12.7. The minimum absolute atomic E-state index is 0.0626. The van der Waals surface area contributed by atoms with E-state index in [9.17, 15) is 18.0 Å². The highest BCUT2D eigenvalue weighted by molar-refractivity contribution is 7.89. The van der Waals surface area contributed by atoms with Crippen LogP contribution in [0.1, 0.15) is 36.1 Å². The summed E-state index contributed by atoms with van der Waals surface area (Å²) in [6.45, 7) is 0.537. The molecule has 1 aliphatic carbocycles. The molecule has 0 fully saturated rings. The molecule has 1 aromatic carbocycles. The van der Waals surface area contributed by atoms with Crippen LogP contribution in [0, 0.1) is 11.3 Å². The number of fused-ring (bicyclic) bond motifs is 1. The molecule has 0 bridgehead atoms. The largest absolute Gasteiger partial charge is 0.328 e. The second-order valence-electron chi connectivity index (χ2n) is 6.86. The van der Waals surface area contributed by atoms with Crippen molar-refractivity contribution in [3.8, 4) is 6.07 Å². The lowest BCUT2D eigenvalue weighted by Crippen LogP contribution is -2.37. The van der Waals surface area contributed by atoms with Crippen LogP contribution in [0.5, 0.6) is 0 Å². The van der Waals surface area contributed by atoms with E-state index in [1.54, 1.807) is 10.6 Å². The van der Waals surface area contributed by atoms with Gasteiger partial charge in [0.2, 0.25) is 10.0 Å². The maximum atomic E-state index is 12.7. The van der Waals surface area contributed by atoms with Crippen molar-refractivity contribution in [3.05, 3.63) is 61.9 Å². The van der Waals surface area contributed by atoms with E-state index in [4.69, 9.17) is 5.26 Å². The highest BCUT2D eigenvalue weighted by Gasteiger charge is 2.22. The van der Waals surface area contributed by atoms with E-state index in [-0.39, 0.29) is 22.6 Å². The number of nitrogens with one attached hydrogen (secondary N) is 1. The van der Waals surface area contributed by atoms with Crippen LogP contribution < -0.4 is 11.2 Å². The van der Waals surface area contributed by atoms with E-state index in [1.165, 1.54) is 29.6 Å². The van der Waals surface area contributed by atoms with Crippen LogP contribution in [-0.2, 0) is 29.4 Å². The molecule has 9 heteroatoms. The van der Waals surface area contributed by atoms with Gasteiger partial charge in [-0.15, -0.1) is 0 Å².